The fourth-order valence-corrected chi connectivity index (χ4v) is 2.83. The molecule has 1 heteroatoms. The SMILES string of the molecule is Cc1ccccc1C(C)N(C)Cc1ccc(C(C)(C)C)cc1. The first kappa shape index (κ1) is 16.8. The average molecular weight is 295 g/mol. The molecule has 1 atom stereocenters. The largest absolute Gasteiger partial charge is 0.295 e. The number of benzene rings is 2. The maximum Gasteiger partial charge on any atom is 0.0322 e. The molecule has 22 heavy (non-hydrogen) atoms. The van der Waals surface area contributed by atoms with Crippen molar-refractivity contribution < 1.29 is 0 Å². The van der Waals surface area contributed by atoms with Crippen LogP contribution in [0.1, 0.15) is 56.0 Å². The lowest BCUT2D eigenvalue weighted by Crippen LogP contribution is -2.22. The Bertz CT molecular complexity index is 605. The summed E-state index contributed by atoms with van der Waals surface area (Å²) in [6.45, 7) is 12.2. The Morgan fingerprint density at radius 3 is 2.09 bits per heavy atom. The third-order valence-corrected chi connectivity index (χ3v) is 4.55. The molecule has 0 aliphatic rings. The van der Waals surface area contributed by atoms with E-state index in [0.29, 0.717) is 6.04 Å². The molecule has 2 aromatic rings. The smallest absolute Gasteiger partial charge is 0.0322 e. The Morgan fingerprint density at radius 2 is 1.55 bits per heavy atom. The molecule has 0 fully saturated rings. The van der Waals surface area contributed by atoms with Gasteiger partial charge < -0.3 is 0 Å². The van der Waals surface area contributed by atoms with Crippen molar-refractivity contribution in [2.24, 2.45) is 0 Å². The van der Waals surface area contributed by atoms with Crippen molar-refractivity contribution in [3.05, 3.63) is 70.8 Å². The number of nitrogens with zero attached hydrogens (tertiary/aromatic N) is 1. The molecule has 1 unspecified atom stereocenters. The van der Waals surface area contributed by atoms with E-state index in [1.807, 2.05) is 0 Å². The fourth-order valence-electron chi connectivity index (χ4n) is 2.83. The molecule has 0 saturated carbocycles. The summed E-state index contributed by atoms with van der Waals surface area (Å²) in [6.07, 6.45) is 0. The highest BCUT2D eigenvalue weighted by atomic mass is 15.1. The molecule has 2 aromatic carbocycles. The Balaban J connectivity index is 2.09. The van der Waals surface area contributed by atoms with Crippen molar-refractivity contribution in [2.75, 3.05) is 7.05 Å². The van der Waals surface area contributed by atoms with Gasteiger partial charge in [-0.1, -0.05) is 69.3 Å². The summed E-state index contributed by atoms with van der Waals surface area (Å²) >= 11 is 0. The molecule has 0 amide bonds. The molecule has 0 N–H and O–H groups in total. The van der Waals surface area contributed by atoms with E-state index in [4.69, 9.17) is 0 Å². The van der Waals surface area contributed by atoms with Crippen molar-refractivity contribution in [2.45, 2.75) is 52.6 Å². The van der Waals surface area contributed by atoms with Crippen LogP contribution in [0.15, 0.2) is 48.5 Å². The third kappa shape index (κ3) is 3.98. The van der Waals surface area contributed by atoms with Gasteiger partial charge >= 0.3 is 0 Å². The Hall–Kier alpha value is -1.60. The van der Waals surface area contributed by atoms with Gasteiger partial charge in [-0.2, -0.15) is 0 Å². The lowest BCUT2D eigenvalue weighted by atomic mass is 9.86. The highest BCUT2D eigenvalue weighted by molar-refractivity contribution is 5.30. The number of hydrogen-bond donors (Lipinski definition) is 0. The molecule has 0 aromatic heterocycles. The standard InChI is InChI=1S/C21H29N/c1-16-9-7-8-10-20(16)17(2)22(6)15-18-11-13-19(14-12-18)21(3,4)5/h7-14,17H,15H2,1-6H3. The van der Waals surface area contributed by atoms with Crippen molar-refractivity contribution in [3.63, 3.8) is 0 Å². The van der Waals surface area contributed by atoms with Gasteiger partial charge in [0.2, 0.25) is 0 Å². The molecule has 0 heterocycles. The zero-order valence-electron chi connectivity index (χ0n) is 14.9. The predicted octanol–water partition coefficient (Wildman–Crippen LogP) is 5.49. The van der Waals surface area contributed by atoms with E-state index >= 15 is 0 Å². The molecule has 0 spiro atoms. The molecular formula is C21H29N. The van der Waals surface area contributed by atoms with Crippen LogP contribution < -0.4 is 0 Å². The van der Waals surface area contributed by atoms with Crippen LogP contribution in [0.5, 0.6) is 0 Å². The Morgan fingerprint density at radius 1 is 0.955 bits per heavy atom. The second-order valence-corrected chi connectivity index (χ2v) is 7.39. The van der Waals surface area contributed by atoms with Crippen molar-refractivity contribution in [3.8, 4) is 0 Å². The van der Waals surface area contributed by atoms with E-state index < -0.39 is 0 Å². The van der Waals surface area contributed by atoms with E-state index in [9.17, 15) is 0 Å². The highest BCUT2D eigenvalue weighted by Gasteiger charge is 2.15. The van der Waals surface area contributed by atoms with Gasteiger partial charge in [-0.15, -0.1) is 0 Å². The van der Waals surface area contributed by atoms with Crippen molar-refractivity contribution in [1.82, 2.24) is 4.90 Å². The van der Waals surface area contributed by atoms with E-state index in [2.05, 4.69) is 95.1 Å². The maximum absolute atomic E-state index is 2.41. The number of hydrogen-bond acceptors (Lipinski definition) is 1. The first-order chi connectivity index (χ1) is 10.3. The van der Waals surface area contributed by atoms with Gasteiger partial charge in [0.05, 0.1) is 0 Å². The van der Waals surface area contributed by atoms with Gasteiger partial charge in [0.1, 0.15) is 0 Å². The molecule has 0 aliphatic carbocycles. The van der Waals surface area contributed by atoms with Crippen LogP contribution in [0, 0.1) is 6.92 Å². The third-order valence-electron chi connectivity index (χ3n) is 4.55. The molecule has 0 radical (unpaired) electrons. The molecule has 0 saturated heterocycles. The molecule has 0 aliphatic heterocycles. The summed E-state index contributed by atoms with van der Waals surface area (Å²) in [4.78, 5) is 2.41. The number of rotatable bonds is 4. The zero-order chi connectivity index (χ0) is 16.3. The number of aryl methyl sites for hydroxylation is 1. The van der Waals surface area contributed by atoms with Crippen LogP contribution in [-0.4, -0.2) is 11.9 Å². The first-order valence-corrected chi connectivity index (χ1v) is 8.14. The summed E-state index contributed by atoms with van der Waals surface area (Å²) < 4.78 is 0. The minimum Gasteiger partial charge on any atom is -0.295 e. The summed E-state index contributed by atoms with van der Waals surface area (Å²) in [5.74, 6) is 0. The minimum atomic E-state index is 0.221. The molecule has 1 nitrogen and oxygen atoms in total. The van der Waals surface area contributed by atoms with Gasteiger partial charge in [-0.3, -0.25) is 4.90 Å². The van der Waals surface area contributed by atoms with Crippen LogP contribution in [0.4, 0.5) is 0 Å². The van der Waals surface area contributed by atoms with Crippen molar-refractivity contribution >= 4 is 0 Å². The normalized spacial score (nSPS) is 13.4. The van der Waals surface area contributed by atoms with Crippen LogP contribution in [0.3, 0.4) is 0 Å². The van der Waals surface area contributed by atoms with E-state index in [1.165, 1.54) is 22.3 Å². The van der Waals surface area contributed by atoms with Crippen molar-refractivity contribution in [1.29, 1.82) is 0 Å². The molecule has 0 bridgehead atoms. The summed E-state index contributed by atoms with van der Waals surface area (Å²) in [5.41, 5.74) is 5.77. The fraction of sp³-hybridized carbons (Fsp3) is 0.429. The second kappa shape index (κ2) is 6.66. The second-order valence-electron chi connectivity index (χ2n) is 7.39. The van der Waals surface area contributed by atoms with E-state index in [0.717, 1.165) is 6.54 Å². The first-order valence-electron chi connectivity index (χ1n) is 8.14. The molecular weight excluding hydrogens is 266 g/mol. The summed E-state index contributed by atoms with van der Waals surface area (Å²) in [7, 11) is 2.20. The molecule has 118 valence electrons. The van der Waals surface area contributed by atoms with E-state index in [-0.39, 0.29) is 5.41 Å². The van der Waals surface area contributed by atoms with Gasteiger partial charge in [0, 0.05) is 12.6 Å². The van der Waals surface area contributed by atoms with Gasteiger partial charge in [-0.25, -0.2) is 0 Å². The average Bonchev–Trinajstić information content (AvgIpc) is 2.46. The Labute approximate surface area is 136 Å². The molecule has 2 rings (SSSR count). The summed E-state index contributed by atoms with van der Waals surface area (Å²) in [6, 6.07) is 18.1. The monoisotopic (exact) mass is 295 g/mol. The zero-order valence-corrected chi connectivity index (χ0v) is 14.9. The van der Waals surface area contributed by atoms with E-state index in [1.54, 1.807) is 0 Å². The minimum absolute atomic E-state index is 0.221. The lowest BCUT2D eigenvalue weighted by Gasteiger charge is -2.27. The van der Waals surface area contributed by atoms with Gasteiger partial charge in [-0.05, 0) is 48.6 Å². The lowest BCUT2D eigenvalue weighted by molar-refractivity contribution is 0.252. The summed E-state index contributed by atoms with van der Waals surface area (Å²) in [5, 5.41) is 0. The van der Waals surface area contributed by atoms with Crippen LogP contribution >= 0.6 is 0 Å². The highest BCUT2D eigenvalue weighted by Crippen LogP contribution is 2.25. The van der Waals surface area contributed by atoms with Crippen LogP contribution in [-0.2, 0) is 12.0 Å². The predicted molar refractivity (Wildman–Crippen MR) is 96.2 cm³/mol. The topological polar surface area (TPSA) is 3.24 Å². The van der Waals surface area contributed by atoms with Gasteiger partial charge in [0.25, 0.3) is 0 Å². The quantitative estimate of drug-likeness (QED) is 0.721. The van der Waals surface area contributed by atoms with Gasteiger partial charge in [0.15, 0.2) is 0 Å². The maximum atomic E-state index is 2.41. The van der Waals surface area contributed by atoms with Crippen LogP contribution in [0.25, 0.3) is 0 Å². The van der Waals surface area contributed by atoms with Crippen LogP contribution in [0.2, 0.25) is 0 Å². The Kier molecular flexibility index (Phi) is 5.08.